The van der Waals surface area contributed by atoms with Gasteiger partial charge in [0.15, 0.2) is 0 Å². The third-order valence-corrected chi connectivity index (χ3v) is 3.03. The number of Topliss-reactive ketones (excluding diaryl/α,β-unsaturated/α-hetero) is 1. The third-order valence-electron chi connectivity index (χ3n) is 2.74. The molecule has 0 aromatic heterocycles. The fraction of sp³-hybridized carbons (Fsp3) is 0.500. The van der Waals surface area contributed by atoms with E-state index in [1.54, 1.807) is 14.0 Å². The van der Waals surface area contributed by atoms with Gasteiger partial charge in [0.2, 0.25) is 0 Å². The number of ketones is 1. The first-order valence-electron chi connectivity index (χ1n) is 6.03. The second kappa shape index (κ2) is 7.39. The van der Waals surface area contributed by atoms with Crippen LogP contribution in [0.3, 0.4) is 0 Å². The zero-order valence-corrected chi connectivity index (χ0v) is 12.0. The Morgan fingerprint density at radius 2 is 2.17 bits per heavy atom. The molecule has 0 aliphatic heterocycles. The van der Waals surface area contributed by atoms with Crippen molar-refractivity contribution < 1.29 is 9.53 Å². The molecular formula is C14H20ClNO2. The van der Waals surface area contributed by atoms with Crippen LogP contribution in [0.2, 0.25) is 5.02 Å². The number of rotatable bonds is 7. The van der Waals surface area contributed by atoms with Crippen LogP contribution in [0.25, 0.3) is 0 Å². The minimum atomic E-state index is 0.246. The highest BCUT2D eigenvalue weighted by Crippen LogP contribution is 2.25. The summed E-state index contributed by atoms with van der Waals surface area (Å²) >= 11 is 6.07. The Morgan fingerprint density at radius 1 is 1.44 bits per heavy atom. The molecule has 0 N–H and O–H groups in total. The second-order valence-corrected chi connectivity index (χ2v) is 4.92. The summed E-state index contributed by atoms with van der Waals surface area (Å²) in [6, 6.07) is 5.80. The molecule has 0 radical (unpaired) electrons. The average Bonchev–Trinajstić information content (AvgIpc) is 2.28. The van der Waals surface area contributed by atoms with Crippen molar-refractivity contribution in [3.05, 3.63) is 28.8 Å². The standard InChI is InChI=1S/C14H20ClNO2/c1-11(17)5-4-8-16(2)10-12-6-7-14(18-3)13(15)9-12/h6-7,9H,4-5,8,10H2,1-3H3. The van der Waals surface area contributed by atoms with E-state index in [2.05, 4.69) is 4.90 Å². The molecule has 100 valence electrons. The van der Waals surface area contributed by atoms with E-state index in [4.69, 9.17) is 16.3 Å². The molecule has 0 spiro atoms. The molecule has 0 fully saturated rings. The van der Waals surface area contributed by atoms with E-state index in [1.807, 2.05) is 25.2 Å². The predicted molar refractivity (Wildman–Crippen MR) is 74.3 cm³/mol. The molecule has 1 rings (SSSR count). The monoisotopic (exact) mass is 269 g/mol. The van der Waals surface area contributed by atoms with Crippen molar-refractivity contribution in [2.75, 3.05) is 20.7 Å². The highest BCUT2D eigenvalue weighted by atomic mass is 35.5. The molecule has 3 nitrogen and oxygen atoms in total. The fourth-order valence-electron chi connectivity index (χ4n) is 1.80. The maximum atomic E-state index is 10.8. The summed E-state index contributed by atoms with van der Waals surface area (Å²) in [6.45, 7) is 3.36. The van der Waals surface area contributed by atoms with Gasteiger partial charge in [0.25, 0.3) is 0 Å². The number of hydrogen-bond acceptors (Lipinski definition) is 3. The number of carbonyl (C=O) groups is 1. The van der Waals surface area contributed by atoms with Gasteiger partial charge in [0.05, 0.1) is 12.1 Å². The molecule has 0 bridgehead atoms. The minimum Gasteiger partial charge on any atom is -0.495 e. The lowest BCUT2D eigenvalue weighted by atomic mass is 10.2. The van der Waals surface area contributed by atoms with E-state index in [1.165, 1.54) is 0 Å². The summed E-state index contributed by atoms with van der Waals surface area (Å²) < 4.78 is 5.11. The molecule has 0 saturated heterocycles. The van der Waals surface area contributed by atoms with Gasteiger partial charge in [-0.25, -0.2) is 0 Å². The van der Waals surface area contributed by atoms with Gasteiger partial charge in [0.1, 0.15) is 11.5 Å². The van der Waals surface area contributed by atoms with E-state index < -0.39 is 0 Å². The fourth-order valence-corrected chi connectivity index (χ4v) is 2.08. The molecule has 4 heteroatoms. The van der Waals surface area contributed by atoms with E-state index >= 15 is 0 Å². The maximum Gasteiger partial charge on any atom is 0.137 e. The van der Waals surface area contributed by atoms with Crippen LogP contribution in [0.1, 0.15) is 25.3 Å². The molecule has 1 aromatic rings. The number of ether oxygens (including phenoxy) is 1. The summed E-state index contributed by atoms with van der Waals surface area (Å²) in [5.41, 5.74) is 1.14. The summed E-state index contributed by atoms with van der Waals surface area (Å²) in [7, 11) is 3.65. The third kappa shape index (κ3) is 5.07. The first-order valence-corrected chi connectivity index (χ1v) is 6.41. The van der Waals surface area contributed by atoms with Gasteiger partial charge in [-0.3, -0.25) is 0 Å². The van der Waals surface area contributed by atoms with Gasteiger partial charge in [-0.2, -0.15) is 0 Å². The van der Waals surface area contributed by atoms with Crippen LogP contribution < -0.4 is 4.74 Å². The lowest BCUT2D eigenvalue weighted by Gasteiger charge is -2.16. The Labute approximate surface area is 114 Å². The van der Waals surface area contributed by atoms with E-state index in [-0.39, 0.29) is 5.78 Å². The molecule has 0 heterocycles. The summed E-state index contributed by atoms with van der Waals surface area (Å²) in [5, 5.41) is 0.632. The Bertz CT molecular complexity index is 407. The Balaban J connectivity index is 2.46. The molecule has 18 heavy (non-hydrogen) atoms. The maximum absolute atomic E-state index is 10.8. The van der Waals surface area contributed by atoms with E-state index in [9.17, 15) is 4.79 Å². The molecule has 0 atom stereocenters. The second-order valence-electron chi connectivity index (χ2n) is 4.51. The number of carbonyl (C=O) groups excluding carboxylic acids is 1. The molecule has 0 amide bonds. The van der Waals surface area contributed by atoms with E-state index in [0.717, 1.165) is 25.1 Å². The van der Waals surface area contributed by atoms with Gasteiger partial charge in [-0.15, -0.1) is 0 Å². The minimum absolute atomic E-state index is 0.246. The highest BCUT2D eigenvalue weighted by molar-refractivity contribution is 6.32. The van der Waals surface area contributed by atoms with Crippen LogP contribution in [0, 0.1) is 0 Å². The van der Waals surface area contributed by atoms with Gasteiger partial charge in [-0.05, 0) is 44.6 Å². The molecule has 1 aromatic carbocycles. The van der Waals surface area contributed by atoms with Crippen LogP contribution in [-0.4, -0.2) is 31.4 Å². The van der Waals surface area contributed by atoms with Crippen molar-refractivity contribution in [2.45, 2.75) is 26.3 Å². The number of hydrogen-bond donors (Lipinski definition) is 0. The summed E-state index contributed by atoms with van der Waals surface area (Å²) in [4.78, 5) is 13.0. The molecule has 0 saturated carbocycles. The number of nitrogens with zero attached hydrogens (tertiary/aromatic N) is 1. The zero-order chi connectivity index (χ0) is 13.5. The Morgan fingerprint density at radius 3 is 2.72 bits per heavy atom. The van der Waals surface area contributed by atoms with E-state index in [0.29, 0.717) is 17.2 Å². The Kier molecular flexibility index (Phi) is 6.16. The molecular weight excluding hydrogens is 250 g/mol. The Hall–Kier alpha value is -1.06. The van der Waals surface area contributed by atoms with Crippen molar-refractivity contribution in [1.29, 1.82) is 0 Å². The summed E-state index contributed by atoms with van der Waals surface area (Å²) in [5.74, 6) is 0.940. The van der Waals surface area contributed by atoms with Crippen LogP contribution in [0.5, 0.6) is 5.75 Å². The lowest BCUT2D eigenvalue weighted by molar-refractivity contribution is -0.117. The van der Waals surface area contributed by atoms with Crippen molar-refractivity contribution in [2.24, 2.45) is 0 Å². The van der Waals surface area contributed by atoms with Crippen molar-refractivity contribution in [1.82, 2.24) is 4.90 Å². The van der Waals surface area contributed by atoms with Gasteiger partial charge in [0, 0.05) is 13.0 Å². The van der Waals surface area contributed by atoms with Gasteiger partial charge >= 0.3 is 0 Å². The van der Waals surface area contributed by atoms with Crippen LogP contribution in [0.4, 0.5) is 0 Å². The average molecular weight is 270 g/mol. The SMILES string of the molecule is COc1ccc(CN(C)CCCC(C)=O)cc1Cl. The first kappa shape index (κ1) is 15.0. The highest BCUT2D eigenvalue weighted by Gasteiger charge is 2.05. The summed E-state index contributed by atoms with van der Waals surface area (Å²) in [6.07, 6.45) is 1.55. The smallest absolute Gasteiger partial charge is 0.137 e. The van der Waals surface area contributed by atoms with Gasteiger partial charge in [-0.1, -0.05) is 17.7 Å². The van der Waals surface area contributed by atoms with Crippen molar-refractivity contribution in [3.8, 4) is 5.75 Å². The molecule has 0 unspecified atom stereocenters. The quantitative estimate of drug-likeness (QED) is 0.762. The number of benzene rings is 1. The predicted octanol–water partition coefficient (Wildman–Crippen LogP) is 3.15. The largest absolute Gasteiger partial charge is 0.495 e. The number of halogens is 1. The van der Waals surface area contributed by atoms with Crippen LogP contribution >= 0.6 is 11.6 Å². The van der Waals surface area contributed by atoms with Crippen LogP contribution in [-0.2, 0) is 11.3 Å². The van der Waals surface area contributed by atoms with Crippen molar-refractivity contribution >= 4 is 17.4 Å². The van der Waals surface area contributed by atoms with Gasteiger partial charge < -0.3 is 14.4 Å². The topological polar surface area (TPSA) is 29.5 Å². The van der Waals surface area contributed by atoms with Crippen LogP contribution in [0.15, 0.2) is 18.2 Å². The molecule has 0 aliphatic rings. The number of methoxy groups -OCH3 is 1. The normalized spacial score (nSPS) is 10.7. The molecule has 0 aliphatic carbocycles. The first-order chi connectivity index (χ1) is 8.52. The lowest BCUT2D eigenvalue weighted by Crippen LogP contribution is -2.19. The zero-order valence-electron chi connectivity index (χ0n) is 11.2. The van der Waals surface area contributed by atoms with Crippen molar-refractivity contribution in [3.63, 3.8) is 0 Å².